The van der Waals surface area contributed by atoms with Gasteiger partial charge in [-0.25, -0.2) is 4.39 Å². The van der Waals surface area contributed by atoms with E-state index >= 15 is 0 Å². The molecule has 0 spiro atoms. The van der Waals surface area contributed by atoms with Gasteiger partial charge in [0.05, 0.1) is 4.88 Å². The number of nitrogens with zero attached hydrogens (tertiary/aromatic N) is 2. The summed E-state index contributed by atoms with van der Waals surface area (Å²) in [5, 5.41) is 9.85. The molecule has 21 heavy (non-hydrogen) atoms. The molecule has 0 saturated carbocycles. The third-order valence-corrected chi connectivity index (χ3v) is 4.07. The number of thiophene rings is 1. The summed E-state index contributed by atoms with van der Waals surface area (Å²) in [4.78, 5) is 0.885. The van der Waals surface area contributed by atoms with E-state index in [1.165, 1.54) is 17.4 Å². The topological polar surface area (TPSA) is 48.2 Å². The van der Waals surface area contributed by atoms with Crippen LogP contribution in [0.15, 0.2) is 44.6 Å². The smallest absolute Gasteiger partial charge is 0.257 e. The highest BCUT2D eigenvalue weighted by Crippen LogP contribution is 2.28. The molecule has 0 saturated heterocycles. The van der Waals surface area contributed by atoms with Crippen LogP contribution in [0.3, 0.4) is 0 Å². The van der Waals surface area contributed by atoms with E-state index in [9.17, 15) is 4.39 Å². The number of aromatic nitrogens is 2. The van der Waals surface area contributed by atoms with Crippen molar-refractivity contribution in [2.45, 2.75) is 13.0 Å². The Labute approximate surface area is 132 Å². The normalized spacial score (nSPS) is 12.3. The Bertz CT molecular complexity index is 745. The zero-order valence-electron chi connectivity index (χ0n) is 10.9. The summed E-state index contributed by atoms with van der Waals surface area (Å²) in [6.07, 6.45) is -0.540. The number of rotatable bonds is 4. The Hall–Kier alpha value is -1.73. The average Bonchev–Trinajstić information content (AvgIpc) is 3.10. The van der Waals surface area contributed by atoms with Gasteiger partial charge in [0.15, 0.2) is 17.7 Å². The second-order valence-electron chi connectivity index (χ2n) is 4.26. The molecule has 0 fully saturated rings. The average molecular weight is 369 g/mol. The van der Waals surface area contributed by atoms with E-state index in [-0.39, 0.29) is 5.75 Å². The van der Waals surface area contributed by atoms with E-state index in [0.29, 0.717) is 16.3 Å². The van der Waals surface area contributed by atoms with Crippen molar-refractivity contribution in [1.82, 2.24) is 10.2 Å². The molecule has 1 unspecified atom stereocenters. The second kappa shape index (κ2) is 5.95. The van der Waals surface area contributed by atoms with Crippen LogP contribution >= 0.6 is 27.3 Å². The molecule has 3 rings (SSSR count). The van der Waals surface area contributed by atoms with Crippen LogP contribution in [0, 0.1) is 5.82 Å². The number of benzene rings is 1. The van der Waals surface area contributed by atoms with Gasteiger partial charge >= 0.3 is 0 Å². The molecule has 0 aliphatic heterocycles. The van der Waals surface area contributed by atoms with Crippen LogP contribution in [0.1, 0.15) is 18.9 Å². The highest BCUT2D eigenvalue weighted by Gasteiger charge is 2.18. The molecule has 0 amide bonds. The molecule has 1 aromatic carbocycles. The minimum absolute atomic E-state index is 0.140. The third-order valence-electron chi connectivity index (χ3n) is 2.72. The van der Waals surface area contributed by atoms with E-state index in [0.717, 1.165) is 4.88 Å². The molecule has 7 heteroatoms. The first-order valence-electron chi connectivity index (χ1n) is 6.12. The Morgan fingerprint density at radius 2 is 2.19 bits per heavy atom. The van der Waals surface area contributed by atoms with Crippen LogP contribution < -0.4 is 4.74 Å². The van der Waals surface area contributed by atoms with Crippen LogP contribution in [0.5, 0.6) is 5.75 Å². The molecule has 4 nitrogen and oxygen atoms in total. The predicted molar refractivity (Wildman–Crippen MR) is 80.8 cm³/mol. The van der Waals surface area contributed by atoms with Crippen molar-refractivity contribution in [2.75, 3.05) is 0 Å². The van der Waals surface area contributed by atoms with Gasteiger partial charge in [-0.2, -0.15) is 0 Å². The monoisotopic (exact) mass is 368 g/mol. The van der Waals surface area contributed by atoms with Crippen molar-refractivity contribution < 1.29 is 13.5 Å². The number of hydrogen-bond acceptors (Lipinski definition) is 5. The summed E-state index contributed by atoms with van der Waals surface area (Å²) < 4.78 is 25.5. The first-order valence-corrected chi connectivity index (χ1v) is 7.80. The summed E-state index contributed by atoms with van der Waals surface area (Å²) in [7, 11) is 0. The maximum Gasteiger partial charge on any atom is 0.257 e. The molecule has 0 N–H and O–H groups in total. The Morgan fingerprint density at radius 1 is 1.33 bits per heavy atom. The zero-order chi connectivity index (χ0) is 14.8. The van der Waals surface area contributed by atoms with Crippen LogP contribution in [0.4, 0.5) is 4.39 Å². The summed E-state index contributed by atoms with van der Waals surface area (Å²) in [5.74, 6) is 0.434. The van der Waals surface area contributed by atoms with Gasteiger partial charge in [0.25, 0.3) is 11.8 Å². The molecule has 0 aliphatic rings. The van der Waals surface area contributed by atoms with Gasteiger partial charge in [-0.3, -0.25) is 0 Å². The fraction of sp³-hybridized carbons (Fsp3) is 0.143. The van der Waals surface area contributed by atoms with Crippen molar-refractivity contribution in [3.63, 3.8) is 0 Å². The highest BCUT2D eigenvalue weighted by molar-refractivity contribution is 9.10. The first-order chi connectivity index (χ1) is 10.1. The van der Waals surface area contributed by atoms with E-state index in [4.69, 9.17) is 9.15 Å². The van der Waals surface area contributed by atoms with E-state index in [1.54, 1.807) is 19.1 Å². The van der Waals surface area contributed by atoms with Gasteiger partial charge in [0.1, 0.15) is 0 Å². The predicted octanol–water partition coefficient (Wildman–Crippen LogP) is 4.84. The highest BCUT2D eigenvalue weighted by atomic mass is 79.9. The lowest BCUT2D eigenvalue weighted by molar-refractivity contribution is 0.182. The van der Waals surface area contributed by atoms with Gasteiger partial charge in [-0.1, -0.05) is 22.0 Å². The first kappa shape index (κ1) is 14.2. The molecule has 2 aromatic heterocycles. The molecular weight excluding hydrogens is 359 g/mol. The fourth-order valence-corrected chi connectivity index (χ4v) is 2.69. The lowest BCUT2D eigenvalue weighted by Crippen LogP contribution is -2.04. The van der Waals surface area contributed by atoms with E-state index in [1.807, 2.05) is 17.5 Å². The standard InChI is InChI=1S/C14H10BrFN2O2S/c1-8(19-11-5-4-9(15)7-10(11)16)13-17-18-14(20-13)12-3-2-6-21-12/h2-8H,1H3. The van der Waals surface area contributed by atoms with E-state index in [2.05, 4.69) is 26.1 Å². The maximum atomic E-state index is 13.7. The zero-order valence-corrected chi connectivity index (χ0v) is 13.3. The summed E-state index contributed by atoms with van der Waals surface area (Å²) in [6.45, 7) is 1.73. The second-order valence-corrected chi connectivity index (χ2v) is 6.12. The summed E-state index contributed by atoms with van der Waals surface area (Å²) in [6, 6.07) is 8.39. The lowest BCUT2D eigenvalue weighted by atomic mass is 10.3. The molecule has 0 bridgehead atoms. The van der Waals surface area contributed by atoms with E-state index < -0.39 is 11.9 Å². The number of halogens is 2. The fourth-order valence-electron chi connectivity index (χ4n) is 1.71. The van der Waals surface area contributed by atoms with Gasteiger partial charge in [-0.15, -0.1) is 21.5 Å². The summed E-state index contributed by atoms with van der Waals surface area (Å²) in [5.41, 5.74) is 0. The SMILES string of the molecule is CC(Oc1ccc(Br)cc1F)c1nnc(-c2cccs2)o1. The largest absolute Gasteiger partial charge is 0.478 e. The number of hydrogen-bond donors (Lipinski definition) is 0. The van der Waals surface area contributed by atoms with Crippen molar-refractivity contribution >= 4 is 27.3 Å². The molecule has 3 aromatic rings. The van der Waals surface area contributed by atoms with Crippen molar-refractivity contribution in [3.05, 3.63) is 51.9 Å². The van der Waals surface area contributed by atoms with Crippen molar-refractivity contribution in [2.24, 2.45) is 0 Å². The van der Waals surface area contributed by atoms with Crippen LogP contribution in [0.25, 0.3) is 10.8 Å². The summed E-state index contributed by atoms with van der Waals surface area (Å²) >= 11 is 4.70. The third kappa shape index (κ3) is 3.14. The van der Waals surface area contributed by atoms with Gasteiger partial charge < -0.3 is 9.15 Å². The minimum Gasteiger partial charge on any atom is -0.478 e. The Balaban J connectivity index is 1.78. The van der Waals surface area contributed by atoms with Gasteiger partial charge in [0, 0.05) is 4.47 Å². The minimum atomic E-state index is -0.540. The molecule has 1 atom stereocenters. The molecule has 2 heterocycles. The molecular formula is C14H10BrFN2O2S. The van der Waals surface area contributed by atoms with Crippen LogP contribution in [-0.4, -0.2) is 10.2 Å². The van der Waals surface area contributed by atoms with Crippen molar-refractivity contribution in [1.29, 1.82) is 0 Å². The Morgan fingerprint density at radius 3 is 2.90 bits per heavy atom. The lowest BCUT2D eigenvalue weighted by Gasteiger charge is -2.11. The molecule has 0 aliphatic carbocycles. The maximum absolute atomic E-state index is 13.7. The Kier molecular flexibility index (Phi) is 4.03. The van der Waals surface area contributed by atoms with Crippen LogP contribution in [0.2, 0.25) is 0 Å². The van der Waals surface area contributed by atoms with Gasteiger partial charge in [-0.05, 0) is 36.6 Å². The van der Waals surface area contributed by atoms with Crippen molar-refractivity contribution in [3.8, 4) is 16.5 Å². The molecule has 0 radical (unpaired) electrons. The molecule has 108 valence electrons. The van der Waals surface area contributed by atoms with Crippen LogP contribution in [-0.2, 0) is 0 Å². The quantitative estimate of drug-likeness (QED) is 0.660. The van der Waals surface area contributed by atoms with Gasteiger partial charge in [0.2, 0.25) is 0 Å². The number of ether oxygens (including phenoxy) is 1.